The Labute approximate surface area is 182 Å². The zero-order valence-corrected chi connectivity index (χ0v) is 18.0. The van der Waals surface area contributed by atoms with Gasteiger partial charge in [-0.05, 0) is 48.5 Å². The predicted octanol–water partition coefficient (Wildman–Crippen LogP) is 3.92. The maximum absolute atomic E-state index is 12.6. The number of amides is 1. The van der Waals surface area contributed by atoms with Crippen LogP contribution in [-0.2, 0) is 9.53 Å². The zero-order valence-electron chi connectivity index (χ0n) is 17.2. The average molecular weight is 428 g/mol. The maximum Gasteiger partial charge on any atom is 0.337 e. The SMILES string of the molecule is CCN1CCN(c2ccc(C(=O)OC)cc2NC(=O)C=Cc2ccc(Cl)cc2)CC1. The first kappa shape index (κ1) is 21.9. The van der Waals surface area contributed by atoms with Crippen LogP contribution < -0.4 is 10.2 Å². The minimum absolute atomic E-state index is 0.277. The van der Waals surface area contributed by atoms with Crippen LogP contribution in [0, 0.1) is 0 Å². The van der Waals surface area contributed by atoms with Gasteiger partial charge >= 0.3 is 5.97 Å². The third-order valence-electron chi connectivity index (χ3n) is 5.13. The summed E-state index contributed by atoms with van der Waals surface area (Å²) in [5, 5.41) is 3.56. The number of anilines is 2. The summed E-state index contributed by atoms with van der Waals surface area (Å²) in [6.07, 6.45) is 3.18. The summed E-state index contributed by atoms with van der Waals surface area (Å²) in [5.41, 5.74) is 2.75. The van der Waals surface area contributed by atoms with Gasteiger partial charge in [-0.15, -0.1) is 0 Å². The lowest BCUT2D eigenvalue weighted by Gasteiger charge is -2.36. The summed E-state index contributed by atoms with van der Waals surface area (Å²) in [6, 6.07) is 12.5. The Bertz CT molecular complexity index is 920. The van der Waals surface area contributed by atoms with Crippen LogP contribution in [0.5, 0.6) is 0 Å². The molecular weight excluding hydrogens is 402 g/mol. The second kappa shape index (κ2) is 10.3. The summed E-state index contributed by atoms with van der Waals surface area (Å²) in [7, 11) is 1.34. The van der Waals surface area contributed by atoms with Gasteiger partial charge in [0.25, 0.3) is 0 Å². The molecule has 1 aliphatic heterocycles. The molecule has 158 valence electrons. The Balaban J connectivity index is 1.80. The Morgan fingerprint density at radius 1 is 1.10 bits per heavy atom. The summed E-state index contributed by atoms with van der Waals surface area (Å²) in [5.74, 6) is -0.718. The van der Waals surface area contributed by atoms with Crippen molar-refractivity contribution >= 4 is 40.9 Å². The number of nitrogens with one attached hydrogen (secondary N) is 1. The molecule has 3 rings (SSSR count). The second-order valence-corrected chi connectivity index (χ2v) is 7.46. The van der Waals surface area contributed by atoms with E-state index in [0.717, 1.165) is 44.0 Å². The molecule has 0 atom stereocenters. The average Bonchev–Trinajstić information content (AvgIpc) is 2.78. The number of ether oxygens (including phenoxy) is 1. The van der Waals surface area contributed by atoms with Gasteiger partial charge in [-0.2, -0.15) is 0 Å². The highest BCUT2D eigenvalue weighted by atomic mass is 35.5. The molecule has 0 aromatic heterocycles. The van der Waals surface area contributed by atoms with Crippen molar-refractivity contribution in [3.63, 3.8) is 0 Å². The number of rotatable bonds is 6. The van der Waals surface area contributed by atoms with Crippen LogP contribution in [-0.4, -0.2) is 56.6 Å². The van der Waals surface area contributed by atoms with Gasteiger partial charge in [0.1, 0.15) is 0 Å². The van der Waals surface area contributed by atoms with E-state index in [1.165, 1.54) is 13.2 Å². The third kappa shape index (κ3) is 5.62. The van der Waals surface area contributed by atoms with Crippen molar-refractivity contribution in [2.75, 3.05) is 50.1 Å². The zero-order chi connectivity index (χ0) is 21.5. The van der Waals surface area contributed by atoms with Crippen LogP contribution in [0.2, 0.25) is 5.02 Å². The van der Waals surface area contributed by atoms with Gasteiger partial charge in [0.15, 0.2) is 0 Å². The van der Waals surface area contributed by atoms with Crippen molar-refractivity contribution in [1.82, 2.24) is 4.90 Å². The molecule has 1 fully saturated rings. The first-order valence-corrected chi connectivity index (χ1v) is 10.3. The standard InChI is InChI=1S/C23H26ClN3O3/c1-3-26-12-14-27(15-13-26)21-10-7-18(23(29)30-2)16-20(21)25-22(28)11-6-17-4-8-19(24)9-5-17/h4-11,16H,3,12-15H2,1-2H3,(H,25,28). The van der Waals surface area contributed by atoms with Crippen LogP contribution in [0.3, 0.4) is 0 Å². The van der Waals surface area contributed by atoms with Crippen molar-refractivity contribution in [3.8, 4) is 0 Å². The molecule has 0 aliphatic carbocycles. The highest BCUT2D eigenvalue weighted by Gasteiger charge is 2.20. The van der Waals surface area contributed by atoms with Crippen LogP contribution in [0.15, 0.2) is 48.5 Å². The molecule has 7 heteroatoms. The number of halogens is 1. The van der Waals surface area contributed by atoms with Crippen molar-refractivity contribution in [2.45, 2.75) is 6.92 Å². The number of esters is 1. The lowest BCUT2D eigenvalue weighted by atomic mass is 10.1. The predicted molar refractivity (Wildman–Crippen MR) is 121 cm³/mol. The van der Waals surface area contributed by atoms with E-state index in [1.54, 1.807) is 30.3 Å². The third-order valence-corrected chi connectivity index (χ3v) is 5.38. The molecule has 1 saturated heterocycles. The van der Waals surface area contributed by atoms with Crippen molar-refractivity contribution < 1.29 is 14.3 Å². The molecule has 6 nitrogen and oxygen atoms in total. The normalized spacial score (nSPS) is 14.7. The minimum atomic E-state index is -0.440. The maximum atomic E-state index is 12.6. The number of carbonyl (C=O) groups excluding carboxylic acids is 2. The number of carbonyl (C=O) groups is 2. The van der Waals surface area contributed by atoms with Crippen molar-refractivity contribution in [1.29, 1.82) is 0 Å². The summed E-state index contributed by atoms with van der Waals surface area (Å²) in [4.78, 5) is 29.2. The Kier molecular flexibility index (Phi) is 7.49. The van der Waals surface area contributed by atoms with E-state index in [4.69, 9.17) is 16.3 Å². The molecule has 0 unspecified atom stereocenters. The molecule has 1 N–H and O–H groups in total. The molecule has 0 spiro atoms. The van der Waals surface area contributed by atoms with Crippen LogP contribution in [0.25, 0.3) is 6.08 Å². The first-order valence-electron chi connectivity index (χ1n) is 9.94. The highest BCUT2D eigenvalue weighted by molar-refractivity contribution is 6.30. The monoisotopic (exact) mass is 427 g/mol. The summed E-state index contributed by atoms with van der Waals surface area (Å²) >= 11 is 5.89. The molecule has 0 saturated carbocycles. The largest absolute Gasteiger partial charge is 0.465 e. The Morgan fingerprint density at radius 2 is 1.80 bits per heavy atom. The number of hydrogen-bond acceptors (Lipinski definition) is 5. The van der Waals surface area contributed by atoms with Gasteiger partial charge in [0, 0.05) is 37.3 Å². The lowest BCUT2D eigenvalue weighted by Crippen LogP contribution is -2.46. The number of piperazine rings is 1. The molecule has 0 bridgehead atoms. The van der Waals surface area contributed by atoms with Crippen LogP contribution >= 0.6 is 11.6 Å². The fourth-order valence-electron chi connectivity index (χ4n) is 3.38. The number of benzene rings is 2. The molecule has 1 heterocycles. The van der Waals surface area contributed by atoms with E-state index in [0.29, 0.717) is 16.3 Å². The van der Waals surface area contributed by atoms with Crippen LogP contribution in [0.1, 0.15) is 22.8 Å². The van der Waals surface area contributed by atoms with Gasteiger partial charge in [-0.1, -0.05) is 30.7 Å². The van der Waals surface area contributed by atoms with Gasteiger partial charge in [0.05, 0.1) is 24.0 Å². The van der Waals surface area contributed by atoms with Gasteiger partial charge < -0.3 is 19.9 Å². The Hall–Kier alpha value is -2.83. The fraction of sp³-hybridized carbons (Fsp3) is 0.304. The van der Waals surface area contributed by atoms with Gasteiger partial charge in [-0.3, -0.25) is 4.79 Å². The summed E-state index contributed by atoms with van der Waals surface area (Å²) in [6.45, 7) is 6.80. The van der Waals surface area contributed by atoms with E-state index in [2.05, 4.69) is 22.0 Å². The molecular formula is C23H26ClN3O3. The highest BCUT2D eigenvalue weighted by Crippen LogP contribution is 2.29. The van der Waals surface area contributed by atoms with Crippen molar-refractivity contribution in [3.05, 3.63) is 64.7 Å². The van der Waals surface area contributed by atoms with Gasteiger partial charge in [0.2, 0.25) is 5.91 Å². The molecule has 30 heavy (non-hydrogen) atoms. The smallest absolute Gasteiger partial charge is 0.337 e. The topological polar surface area (TPSA) is 61.9 Å². The number of likely N-dealkylation sites (N-methyl/N-ethyl adjacent to an activating group) is 1. The number of methoxy groups -OCH3 is 1. The van der Waals surface area contributed by atoms with E-state index in [9.17, 15) is 9.59 Å². The van der Waals surface area contributed by atoms with E-state index in [-0.39, 0.29) is 5.91 Å². The fourth-order valence-corrected chi connectivity index (χ4v) is 3.51. The number of nitrogens with zero attached hydrogens (tertiary/aromatic N) is 2. The molecule has 1 amide bonds. The van der Waals surface area contributed by atoms with Crippen molar-refractivity contribution in [2.24, 2.45) is 0 Å². The van der Waals surface area contributed by atoms with E-state index >= 15 is 0 Å². The van der Waals surface area contributed by atoms with Crippen LogP contribution in [0.4, 0.5) is 11.4 Å². The molecule has 0 radical (unpaired) electrons. The number of hydrogen-bond donors (Lipinski definition) is 1. The molecule has 1 aliphatic rings. The second-order valence-electron chi connectivity index (χ2n) is 7.02. The lowest BCUT2D eigenvalue weighted by molar-refractivity contribution is -0.111. The van der Waals surface area contributed by atoms with E-state index < -0.39 is 5.97 Å². The molecule has 2 aromatic rings. The van der Waals surface area contributed by atoms with Gasteiger partial charge in [-0.25, -0.2) is 4.79 Å². The van der Waals surface area contributed by atoms with E-state index in [1.807, 2.05) is 18.2 Å². The minimum Gasteiger partial charge on any atom is -0.465 e. The Morgan fingerprint density at radius 3 is 2.43 bits per heavy atom. The molecule has 2 aromatic carbocycles. The summed E-state index contributed by atoms with van der Waals surface area (Å²) < 4.78 is 4.83. The quantitative estimate of drug-likeness (QED) is 0.559. The first-order chi connectivity index (χ1) is 14.5.